The SMILES string of the molecule is CCc1cccc(Nc2snc(C)c2C(C)=O)c1. The van der Waals surface area contributed by atoms with Gasteiger partial charge < -0.3 is 5.32 Å². The minimum atomic E-state index is 0.0513. The quantitative estimate of drug-likeness (QED) is 0.846. The summed E-state index contributed by atoms with van der Waals surface area (Å²) in [6, 6.07) is 8.20. The van der Waals surface area contributed by atoms with E-state index in [0.717, 1.165) is 22.8 Å². The molecule has 0 aliphatic carbocycles. The van der Waals surface area contributed by atoms with Gasteiger partial charge in [0.2, 0.25) is 0 Å². The number of carbonyl (C=O) groups excluding carboxylic acids is 1. The molecule has 3 nitrogen and oxygen atoms in total. The molecule has 4 heteroatoms. The lowest BCUT2D eigenvalue weighted by Gasteiger charge is -2.06. The molecule has 0 aliphatic heterocycles. The molecule has 0 aliphatic rings. The van der Waals surface area contributed by atoms with E-state index < -0.39 is 0 Å². The maximum absolute atomic E-state index is 11.6. The molecule has 0 radical (unpaired) electrons. The monoisotopic (exact) mass is 260 g/mol. The zero-order valence-corrected chi connectivity index (χ0v) is 11.6. The van der Waals surface area contributed by atoms with Crippen molar-refractivity contribution in [2.75, 3.05) is 5.32 Å². The average Bonchev–Trinajstić information content (AvgIpc) is 2.70. The van der Waals surface area contributed by atoms with E-state index in [2.05, 4.69) is 28.7 Å². The molecule has 18 heavy (non-hydrogen) atoms. The van der Waals surface area contributed by atoms with Crippen LogP contribution in [0.2, 0.25) is 0 Å². The van der Waals surface area contributed by atoms with Crippen molar-refractivity contribution in [2.45, 2.75) is 27.2 Å². The van der Waals surface area contributed by atoms with Crippen LogP contribution in [0.5, 0.6) is 0 Å². The van der Waals surface area contributed by atoms with Crippen LogP contribution in [0.3, 0.4) is 0 Å². The Morgan fingerprint density at radius 3 is 2.89 bits per heavy atom. The topological polar surface area (TPSA) is 42.0 Å². The van der Waals surface area contributed by atoms with Crippen molar-refractivity contribution in [1.82, 2.24) is 4.37 Å². The third kappa shape index (κ3) is 2.59. The number of hydrogen-bond acceptors (Lipinski definition) is 4. The van der Waals surface area contributed by atoms with Gasteiger partial charge in [-0.3, -0.25) is 4.79 Å². The van der Waals surface area contributed by atoms with Crippen LogP contribution in [0.15, 0.2) is 24.3 Å². The van der Waals surface area contributed by atoms with Crippen molar-refractivity contribution in [3.63, 3.8) is 0 Å². The van der Waals surface area contributed by atoms with E-state index in [0.29, 0.717) is 5.56 Å². The van der Waals surface area contributed by atoms with Gasteiger partial charge in [-0.1, -0.05) is 19.1 Å². The number of nitrogens with zero attached hydrogens (tertiary/aromatic N) is 1. The van der Waals surface area contributed by atoms with Gasteiger partial charge in [0.1, 0.15) is 5.00 Å². The van der Waals surface area contributed by atoms with Crippen molar-refractivity contribution in [2.24, 2.45) is 0 Å². The number of aromatic nitrogens is 1. The number of anilines is 2. The highest BCUT2D eigenvalue weighted by Crippen LogP contribution is 2.28. The summed E-state index contributed by atoms with van der Waals surface area (Å²) in [5, 5.41) is 4.11. The fourth-order valence-electron chi connectivity index (χ4n) is 1.87. The van der Waals surface area contributed by atoms with Crippen LogP contribution in [0.25, 0.3) is 0 Å². The van der Waals surface area contributed by atoms with Gasteiger partial charge in [-0.05, 0) is 49.5 Å². The smallest absolute Gasteiger partial charge is 0.164 e. The first kappa shape index (κ1) is 12.8. The maximum atomic E-state index is 11.6. The molecule has 0 fully saturated rings. The Kier molecular flexibility index (Phi) is 3.77. The zero-order chi connectivity index (χ0) is 13.1. The van der Waals surface area contributed by atoms with Crippen molar-refractivity contribution in [3.8, 4) is 0 Å². The van der Waals surface area contributed by atoms with E-state index in [1.165, 1.54) is 17.1 Å². The second kappa shape index (κ2) is 5.31. The van der Waals surface area contributed by atoms with Gasteiger partial charge in [-0.15, -0.1) is 0 Å². The molecule has 2 rings (SSSR count). The Morgan fingerprint density at radius 1 is 1.44 bits per heavy atom. The zero-order valence-electron chi connectivity index (χ0n) is 10.8. The van der Waals surface area contributed by atoms with Gasteiger partial charge in [0.25, 0.3) is 0 Å². The summed E-state index contributed by atoms with van der Waals surface area (Å²) in [6.45, 7) is 5.56. The lowest BCUT2D eigenvalue weighted by Crippen LogP contribution is -1.98. The van der Waals surface area contributed by atoms with Crippen LogP contribution in [-0.2, 0) is 6.42 Å². The minimum absolute atomic E-state index is 0.0513. The molecule has 1 N–H and O–H groups in total. The third-order valence-corrected chi connectivity index (χ3v) is 3.66. The number of benzene rings is 1. The maximum Gasteiger partial charge on any atom is 0.164 e. The third-order valence-electron chi connectivity index (χ3n) is 2.81. The Balaban J connectivity index is 2.31. The van der Waals surface area contributed by atoms with Crippen molar-refractivity contribution >= 4 is 28.0 Å². The van der Waals surface area contributed by atoms with Crippen LogP contribution in [0, 0.1) is 6.92 Å². The molecular formula is C14H16N2OS. The molecular weight excluding hydrogens is 244 g/mol. The van der Waals surface area contributed by atoms with Gasteiger partial charge in [-0.25, -0.2) is 0 Å². The Morgan fingerprint density at radius 2 is 2.22 bits per heavy atom. The number of hydrogen-bond donors (Lipinski definition) is 1. The van der Waals surface area contributed by atoms with Crippen molar-refractivity contribution in [1.29, 1.82) is 0 Å². The summed E-state index contributed by atoms with van der Waals surface area (Å²) in [5.74, 6) is 0.0513. The highest BCUT2D eigenvalue weighted by molar-refractivity contribution is 7.10. The number of rotatable bonds is 4. The fraction of sp³-hybridized carbons (Fsp3) is 0.286. The van der Waals surface area contributed by atoms with E-state index >= 15 is 0 Å². The van der Waals surface area contributed by atoms with E-state index in [1.807, 2.05) is 19.1 Å². The summed E-state index contributed by atoms with van der Waals surface area (Å²) in [4.78, 5) is 11.6. The van der Waals surface area contributed by atoms with E-state index in [1.54, 1.807) is 6.92 Å². The molecule has 94 valence electrons. The first-order chi connectivity index (χ1) is 8.61. The first-order valence-electron chi connectivity index (χ1n) is 5.95. The van der Waals surface area contributed by atoms with Crippen LogP contribution < -0.4 is 5.32 Å². The molecule has 0 saturated heterocycles. The van der Waals surface area contributed by atoms with Gasteiger partial charge in [0.05, 0.1) is 11.3 Å². The standard InChI is InChI=1S/C14H16N2OS/c1-4-11-6-5-7-12(8-11)15-14-13(10(3)17)9(2)16-18-14/h5-8,15H,4H2,1-3H3. The molecule has 0 atom stereocenters. The summed E-state index contributed by atoms with van der Waals surface area (Å²) < 4.78 is 4.23. The van der Waals surface area contributed by atoms with Gasteiger partial charge in [0.15, 0.2) is 5.78 Å². The van der Waals surface area contributed by atoms with Gasteiger partial charge >= 0.3 is 0 Å². The molecule has 1 aromatic heterocycles. The number of ketones is 1. The van der Waals surface area contributed by atoms with E-state index in [4.69, 9.17) is 0 Å². The number of aryl methyl sites for hydroxylation is 2. The predicted octanol–water partition coefficient (Wildman–Crippen LogP) is 3.96. The average molecular weight is 260 g/mol. The number of nitrogens with one attached hydrogen (secondary N) is 1. The summed E-state index contributed by atoms with van der Waals surface area (Å²) >= 11 is 1.33. The molecule has 0 amide bonds. The molecule has 0 unspecified atom stereocenters. The molecule has 0 bridgehead atoms. The van der Waals surface area contributed by atoms with Gasteiger partial charge in [-0.2, -0.15) is 4.37 Å². The van der Waals surface area contributed by atoms with Crippen LogP contribution in [-0.4, -0.2) is 10.2 Å². The highest BCUT2D eigenvalue weighted by Gasteiger charge is 2.14. The first-order valence-corrected chi connectivity index (χ1v) is 6.72. The summed E-state index contributed by atoms with van der Waals surface area (Å²) in [5.41, 5.74) is 3.76. The van der Waals surface area contributed by atoms with E-state index in [-0.39, 0.29) is 5.78 Å². The molecule has 1 heterocycles. The summed E-state index contributed by atoms with van der Waals surface area (Å²) in [6.07, 6.45) is 0.997. The lowest BCUT2D eigenvalue weighted by molar-refractivity contribution is 0.101. The largest absolute Gasteiger partial charge is 0.345 e. The van der Waals surface area contributed by atoms with Crippen LogP contribution >= 0.6 is 11.5 Å². The Labute approximate surface area is 111 Å². The normalized spacial score (nSPS) is 10.4. The predicted molar refractivity (Wildman–Crippen MR) is 76.0 cm³/mol. The second-order valence-electron chi connectivity index (χ2n) is 4.21. The van der Waals surface area contributed by atoms with E-state index in [9.17, 15) is 4.79 Å². The molecule has 0 spiro atoms. The number of Topliss-reactive ketones (excluding diaryl/α,β-unsaturated/α-hetero) is 1. The summed E-state index contributed by atoms with van der Waals surface area (Å²) in [7, 11) is 0. The second-order valence-corrected chi connectivity index (χ2v) is 4.98. The lowest BCUT2D eigenvalue weighted by atomic mass is 10.1. The fourth-order valence-corrected chi connectivity index (χ4v) is 2.74. The molecule has 2 aromatic rings. The van der Waals surface area contributed by atoms with Crippen molar-refractivity contribution < 1.29 is 4.79 Å². The van der Waals surface area contributed by atoms with Crippen molar-refractivity contribution in [3.05, 3.63) is 41.1 Å². The Bertz CT molecular complexity index is 575. The van der Waals surface area contributed by atoms with Gasteiger partial charge in [0, 0.05) is 5.69 Å². The van der Waals surface area contributed by atoms with Crippen LogP contribution in [0.4, 0.5) is 10.7 Å². The number of carbonyl (C=O) groups is 1. The minimum Gasteiger partial charge on any atom is -0.345 e. The highest BCUT2D eigenvalue weighted by atomic mass is 32.1. The van der Waals surface area contributed by atoms with Crippen LogP contribution in [0.1, 0.15) is 35.5 Å². The molecule has 0 saturated carbocycles. The molecule has 1 aromatic carbocycles. The Hall–Kier alpha value is -1.68.